The maximum atomic E-state index is 13.1. The fraction of sp³-hybridized carbons (Fsp3) is 0.575. The molecule has 0 unspecified atom stereocenters. The third-order valence-electron chi connectivity index (χ3n) is 8.02. The van der Waals surface area contributed by atoms with Crippen LogP contribution in [0.15, 0.2) is 54.6 Å². The molecule has 55 heavy (non-hydrogen) atoms. The first-order chi connectivity index (χ1) is 26.8. The number of ether oxygens (including phenoxy) is 6. The van der Waals surface area contributed by atoms with Gasteiger partial charge in [-0.15, -0.1) is 0 Å². The number of carbonyl (C=O) groups excluding carboxylic acids is 5. The van der Waals surface area contributed by atoms with Crippen LogP contribution in [-0.4, -0.2) is 141 Å². The molecule has 0 aliphatic heterocycles. The molecule has 15 nitrogen and oxygen atoms in total. The average Bonchev–Trinajstić information content (AvgIpc) is 3.18. The Morgan fingerprint density at radius 2 is 0.964 bits per heavy atom. The number of benzene rings is 2. The van der Waals surface area contributed by atoms with Gasteiger partial charge in [0.25, 0.3) is 0 Å². The highest BCUT2D eigenvalue weighted by atomic mass is 16.5. The molecule has 0 bridgehead atoms. The van der Waals surface area contributed by atoms with E-state index in [2.05, 4.69) is 28.1 Å². The van der Waals surface area contributed by atoms with Crippen LogP contribution in [0.5, 0.6) is 0 Å². The van der Waals surface area contributed by atoms with Crippen molar-refractivity contribution in [3.63, 3.8) is 0 Å². The van der Waals surface area contributed by atoms with Gasteiger partial charge >= 0.3 is 0 Å². The van der Waals surface area contributed by atoms with E-state index in [-0.39, 0.29) is 45.6 Å². The lowest BCUT2D eigenvalue weighted by Gasteiger charge is -2.22. The molecule has 0 saturated carbocycles. The van der Waals surface area contributed by atoms with Gasteiger partial charge < -0.3 is 44.0 Å². The lowest BCUT2D eigenvalue weighted by Crippen LogP contribution is -2.46. The lowest BCUT2D eigenvalue weighted by atomic mass is 10.0. The van der Waals surface area contributed by atoms with Crippen molar-refractivity contribution >= 4 is 29.5 Å². The molecule has 2 aromatic rings. The van der Waals surface area contributed by atoms with Gasteiger partial charge in [-0.1, -0.05) is 54.6 Å². The van der Waals surface area contributed by atoms with E-state index in [1.165, 1.54) is 11.1 Å². The van der Waals surface area contributed by atoms with E-state index in [0.717, 1.165) is 36.1 Å². The van der Waals surface area contributed by atoms with Crippen molar-refractivity contribution < 1.29 is 52.4 Å². The van der Waals surface area contributed by atoms with E-state index in [1.54, 1.807) is 14.2 Å². The predicted molar refractivity (Wildman–Crippen MR) is 205 cm³/mol. The van der Waals surface area contributed by atoms with Crippen LogP contribution >= 0.6 is 0 Å². The summed E-state index contributed by atoms with van der Waals surface area (Å²) in [4.78, 5) is 64.8. The smallest absolute Gasteiger partial charge is 0.239 e. The summed E-state index contributed by atoms with van der Waals surface area (Å²) in [6, 6.07) is 18.1. The number of rotatable bonds is 32. The molecule has 0 spiro atoms. The highest BCUT2D eigenvalue weighted by molar-refractivity contribution is 5.97. The molecule has 2 rings (SSSR count). The third-order valence-corrected chi connectivity index (χ3v) is 8.02. The van der Waals surface area contributed by atoms with Crippen molar-refractivity contribution in [2.75, 3.05) is 106 Å². The maximum Gasteiger partial charge on any atom is 0.239 e. The lowest BCUT2D eigenvalue weighted by molar-refractivity contribution is -0.140. The minimum absolute atomic E-state index is 0.00948. The Hall–Kier alpha value is -4.25. The van der Waals surface area contributed by atoms with Crippen LogP contribution in [0.2, 0.25) is 0 Å². The number of carbonyl (C=O) groups is 5. The van der Waals surface area contributed by atoms with Crippen molar-refractivity contribution in [2.24, 2.45) is 0 Å². The minimum Gasteiger partial charge on any atom is -0.382 e. The second-order valence-electron chi connectivity index (χ2n) is 12.5. The van der Waals surface area contributed by atoms with Gasteiger partial charge in [-0.25, -0.2) is 0 Å². The summed E-state index contributed by atoms with van der Waals surface area (Å²) in [7, 11) is 3.17. The van der Waals surface area contributed by atoms with E-state index in [4.69, 9.17) is 28.4 Å². The van der Waals surface area contributed by atoms with Gasteiger partial charge in [0.1, 0.15) is 13.1 Å². The van der Waals surface area contributed by atoms with Crippen LogP contribution < -0.4 is 16.0 Å². The molecule has 0 radical (unpaired) electrons. The molecule has 0 atom stereocenters. The summed E-state index contributed by atoms with van der Waals surface area (Å²) in [5, 5.41) is 7.65. The Balaban J connectivity index is 1.76. The first kappa shape index (κ1) is 46.9. The molecule has 0 aromatic heterocycles. The van der Waals surface area contributed by atoms with Gasteiger partial charge in [0.15, 0.2) is 0 Å². The Bertz CT molecular complexity index is 1330. The Morgan fingerprint density at radius 3 is 1.47 bits per heavy atom. The van der Waals surface area contributed by atoms with E-state index < -0.39 is 42.6 Å². The fourth-order valence-electron chi connectivity index (χ4n) is 5.10. The van der Waals surface area contributed by atoms with Gasteiger partial charge in [-0.3, -0.25) is 29.3 Å². The number of amides is 5. The SMILES string of the molecule is COCCOCCOCCNC(=O)CN(CC(=O)NCCOCCOCCOC)C(=O)CCC(=O)NC(=O)Cc1ccc(CCCCc2ccccc2)cc1. The molecule has 3 N–H and O–H groups in total. The topological polar surface area (TPSA) is 180 Å². The number of imide groups is 1. The van der Waals surface area contributed by atoms with E-state index in [0.29, 0.717) is 52.9 Å². The number of hydrogen-bond donors (Lipinski definition) is 3. The second kappa shape index (κ2) is 31.0. The molecule has 0 aliphatic rings. The standard InChI is InChI=1S/C40H60N4O11/c1-50-22-24-54-28-26-52-20-18-41-38(47)31-44(32-39(48)42-19-21-53-27-29-55-25-23-51-2)40(49)17-16-36(45)43-37(46)30-35-14-12-34(13-15-35)11-7-6-10-33-8-4-3-5-9-33/h3-5,8-9,12-15H,6-7,10-11,16-32H2,1-2H3,(H,41,47)(H,42,48)(H,43,45,46). The van der Waals surface area contributed by atoms with Crippen molar-refractivity contribution in [3.05, 3.63) is 71.3 Å². The van der Waals surface area contributed by atoms with Crippen molar-refractivity contribution in [3.8, 4) is 0 Å². The largest absolute Gasteiger partial charge is 0.382 e. The highest BCUT2D eigenvalue weighted by Crippen LogP contribution is 2.11. The summed E-state index contributed by atoms with van der Waals surface area (Å²) >= 11 is 0. The molecule has 0 heterocycles. The minimum atomic E-state index is -0.631. The maximum absolute atomic E-state index is 13.1. The first-order valence-corrected chi connectivity index (χ1v) is 18.8. The molecule has 2 aromatic carbocycles. The molecule has 0 saturated heterocycles. The summed E-state index contributed by atoms with van der Waals surface area (Å²) < 4.78 is 31.3. The summed E-state index contributed by atoms with van der Waals surface area (Å²) in [5.41, 5.74) is 3.27. The normalized spacial score (nSPS) is 10.9. The van der Waals surface area contributed by atoms with Gasteiger partial charge in [0, 0.05) is 40.2 Å². The van der Waals surface area contributed by atoms with Gasteiger partial charge in [0.2, 0.25) is 29.5 Å². The fourth-order valence-corrected chi connectivity index (χ4v) is 5.10. The highest BCUT2D eigenvalue weighted by Gasteiger charge is 2.21. The van der Waals surface area contributed by atoms with Crippen molar-refractivity contribution in [1.29, 1.82) is 0 Å². The number of nitrogens with one attached hydrogen (secondary N) is 3. The molecule has 15 heteroatoms. The molecule has 0 fully saturated rings. The Labute approximate surface area is 325 Å². The summed E-state index contributed by atoms with van der Waals surface area (Å²) in [5.74, 6) is -2.72. The summed E-state index contributed by atoms with van der Waals surface area (Å²) in [6.07, 6.45) is 3.51. The Morgan fingerprint density at radius 1 is 0.509 bits per heavy atom. The summed E-state index contributed by atoms with van der Waals surface area (Å²) in [6.45, 7) is 3.28. The zero-order valence-corrected chi connectivity index (χ0v) is 32.5. The first-order valence-electron chi connectivity index (χ1n) is 18.8. The number of hydrogen-bond acceptors (Lipinski definition) is 11. The second-order valence-corrected chi connectivity index (χ2v) is 12.5. The molecular formula is C40H60N4O11. The van der Waals surface area contributed by atoms with Crippen LogP contribution in [0.3, 0.4) is 0 Å². The third kappa shape index (κ3) is 24.7. The van der Waals surface area contributed by atoms with Crippen LogP contribution in [0.1, 0.15) is 42.4 Å². The van der Waals surface area contributed by atoms with Crippen molar-refractivity contribution in [2.45, 2.75) is 44.9 Å². The molecule has 0 aliphatic carbocycles. The molecular weight excluding hydrogens is 712 g/mol. The van der Waals surface area contributed by atoms with Gasteiger partial charge in [-0.2, -0.15) is 0 Å². The van der Waals surface area contributed by atoms with Gasteiger partial charge in [-0.05, 0) is 42.4 Å². The van der Waals surface area contributed by atoms with Crippen LogP contribution in [0, 0.1) is 0 Å². The van der Waals surface area contributed by atoms with Gasteiger partial charge in [0.05, 0.1) is 72.5 Å². The number of nitrogens with zero attached hydrogens (tertiary/aromatic N) is 1. The molecule has 5 amide bonds. The van der Waals surface area contributed by atoms with E-state index in [1.807, 2.05) is 42.5 Å². The van der Waals surface area contributed by atoms with E-state index >= 15 is 0 Å². The zero-order valence-electron chi connectivity index (χ0n) is 32.5. The quantitative estimate of drug-likeness (QED) is 0.0921. The monoisotopic (exact) mass is 772 g/mol. The van der Waals surface area contributed by atoms with Crippen LogP contribution in [-0.2, 0) is 71.7 Å². The number of unbranched alkanes of at least 4 members (excludes halogenated alkanes) is 1. The number of methoxy groups -OCH3 is 2. The zero-order chi connectivity index (χ0) is 39.8. The van der Waals surface area contributed by atoms with Crippen LogP contribution in [0.25, 0.3) is 0 Å². The predicted octanol–water partition coefficient (Wildman–Crippen LogP) is 1.64. The van der Waals surface area contributed by atoms with E-state index in [9.17, 15) is 24.0 Å². The van der Waals surface area contributed by atoms with Crippen LogP contribution in [0.4, 0.5) is 0 Å². The number of aryl methyl sites for hydroxylation is 2. The van der Waals surface area contributed by atoms with Crippen molar-refractivity contribution in [1.82, 2.24) is 20.9 Å². The molecule has 306 valence electrons. The Kier molecular flexibility index (Phi) is 26.4. The average molecular weight is 773 g/mol.